The normalized spacial score (nSPS) is 14.2. The van der Waals surface area contributed by atoms with Crippen LogP contribution in [-0.4, -0.2) is 21.7 Å². The zero-order valence-electron chi connectivity index (χ0n) is 15.0. The molecule has 3 heterocycles. The number of amides is 2. The van der Waals surface area contributed by atoms with Crippen molar-refractivity contribution in [1.29, 1.82) is 0 Å². The molecule has 5 nitrogen and oxygen atoms in total. The summed E-state index contributed by atoms with van der Waals surface area (Å²) in [4.78, 5) is 32.0. The minimum atomic E-state index is -0.398. The van der Waals surface area contributed by atoms with Gasteiger partial charge < -0.3 is 4.42 Å². The van der Waals surface area contributed by atoms with Gasteiger partial charge in [-0.05, 0) is 35.9 Å². The van der Waals surface area contributed by atoms with E-state index in [1.54, 1.807) is 49.0 Å². The van der Waals surface area contributed by atoms with Gasteiger partial charge in [-0.25, -0.2) is 0 Å². The summed E-state index contributed by atoms with van der Waals surface area (Å²) in [6, 6.07) is 12.0. The molecular formula is C21H14Cl2N2O3S. The number of pyridine rings is 1. The van der Waals surface area contributed by atoms with Crippen LogP contribution in [0, 0.1) is 0 Å². The highest BCUT2D eigenvalue weighted by atomic mass is 35.5. The van der Waals surface area contributed by atoms with Crippen molar-refractivity contribution < 1.29 is 14.0 Å². The Bertz CT molecular complexity index is 1100. The topological polar surface area (TPSA) is 63.4 Å². The maximum atomic E-state index is 13.2. The van der Waals surface area contributed by atoms with Crippen molar-refractivity contribution in [3.05, 3.63) is 93.0 Å². The van der Waals surface area contributed by atoms with Gasteiger partial charge in [0.15, 0.2) is 0 Å². The second-order valence-corrected chi connectivity index (χ2v) is 8.08. The van der Waals surface area contributed by atoms with Crippen molar-refractivity contribution in [2.75, 3.05) is 0 Å². The predicted molar refractivity (Wildman–Crippen MR) is 113 cm³/mol. The summed E-state index contributed by atoms with van der Waals surface area (Å²) in [5.74, 6) is 0.355. The van der Waals surface area contributed by atoms with E-state index in [0.717, 1.165) is 5.56 Å². The maximum absolute atomic E-state index is 13.2. The van der Waals surface area contributed by atoms with E-state index >= 15 is 0 Å². The summed E-state index contributed by atoms with van der Waals surface area (Å²) in [6.45, 7) is 0.130. The number of imide groups is 1. The molecule has 2 amide bonds. The second kappa shape index (κ2) is 8.45. The Labute approximate surface area is 181 Å². The Morgan fingerprint density at radius 2 is 1.93 bits per heavy atom. The first-order chi connectivity index (χ1) is 14.0. The van der Waals surface area contributed by atoms with Crippen molar-refractivity contribution in [2.45, 2.75) is 12.3 Å². The molecule has 2 aromatic heterocycles. The third-order valence-corrected chi connectivity index (χ3v) is 5.97. The first-order valence-corrected chi connectivity index (χ1v) is 10.4. The molecule has 0 aliphatic carbocycles. The fraction of sp³-hybridized carbons (Fsp3) is 0.0952. The smallest absolute Gasteiger partial charge is 0.268 e. The Hall–Kier alpha value is -2.54. The predicted octanol–water partition coefficient (Wildman–Crippen LogP) is 5.19. The SMILES string of the molecule is O=C1C(SCc2ccco2)=C(c2ccc(Cl)cc2Cl)C(=O)N1Cc1cccnc1. The molecule has 4 rings (SSSR count). The van der Waals surface area contributed by atoms with Gasteiger partial charge in [-0.15, -0.1) is 11.8 Å². The van der Waals surface area contributed by atoms with Crippen LogP contribution in [0.2, 0.25) is 10.0 Å². The number of rotatable bonds is 6. The number of aromatic nitrogens is 1. The Morgan fingerprint density at radius 1 is 1.07 bits per heavy atom. The molecule has 0 saturated carbocycles. The maximum Gasteiger partial charge on any atom is 0.268 e. The van der Waals surface area contributed by atoms with E-state index in [2.05, 4.69) is 4.98 Å². The van der Waals surface area contributed by atoms with Crippen LogP contribution in [-0.2, 0) is 21.9 Å². The van der Waals surface area contributed by atoms with Crippen molar-refractivity contribution >= 4 is 52.4 Å². The number of furan rings is 1. The van der Waals surface area contributed by atoms with Crippen LogP contribution < -0.4 is 0 Å². The van der Waals surface area contributed by atoms with Gasteiger partial charge in [0.1, 0.15) is 5.76 Å². The van der Waals surface area contributed by atoms with Crippen molar-refractivity contribution in [1.82, 2.24) is 9.88 Å². The first-order valence-electron chi connectivity index (χ1n) is 8.64. The van der Waals surface area contributed by atoms with Gasteiger partial charge in [0.2, 0.25) is 0 Å². The summed E-state index contributed by atoms with van der Waals surface area (Å²) in [6.07, 6.45) is 4.83. The van der Waals surface area contributed by atoms with Crippen molar-refractivity contribution in [3.63, 3.8) is 0 Å². The summed E-state index contributed by atoms with van der Waals surface area (Å²) in [5.41, 5.74) is 1.51. The average molecular weight is 445 g/mol. The van der Waals surface area contributed by atoms with Gasteiger partial charge in [0, 0.05) is 23.0 Å². The first kappa shape index (κ1) is 19.8. The lowest BCUT2D eigenvalue weighted by atomic mass is 10.1. The Kier molecular flexibility index (Phi) is 5.76. The highest BCUT2D eigenvalue weighted by molar-refractivity contribution is 8.03. The van der Waals surface area contributed by atoms with E-state index in [1.165, 1.54) is 16.7 Å². The number of halogens is 2. The molecule has 0 fully saturated rings. The standard InChI is InChI=1S/C21H14Cl2N2O3S/c22-14-5-6-16(17(23)9-14)18-19(29-12-15-4-2-8-28-15)21(27)25(20(18)26)11-13-3-1-7-24-10-13/h1-10H,11-12H2. The lowest BCUT2D eigenvalue weighted by Crippen LogP contribution is -2.31. The van der Waals surface area contributed by atoms with Crippen LogP contribution >= 0.6 is 35.0 Å². The van der Waals surface area contributed by atoms with E-state index in [9.17, 15) is 9.59 Å². The quantitative estimate of drug-likeness (QED) is 0.489. The molecule has 146 valence electrons. The zero-order chi connectivity index (χ0) is 20.4. The van der Waals surface area contributed by atoms with Gasteiger partial charge in [-0.3, -0.25) is 19.5 Å². The van der Waals surface area contributed by atoms with E-state index in [0.29, 0.717) is 32.0 Å². The van der Waals surface area contributed by atoms with Crippen LogP contribution in [0.3, 0.4) is 0 Å². The minimum absolute atomic E-state index is 0.130. The molecule has 0 saturated heterocycles. The lowest BCUT2D eigenvalue weighted by Gasteiger charge is -2.15. The lowest BCUT2D eigenvalue weighted by molar-refractivity contribution is -0.137. The molecule has 1 aliphatic heterocycles. The number of hydrogen-bond acceptors (Lipinski definition) is 5. The summed E-state index contributed by atoms with van der Waals surface area (Å²) < 4.78 is 5.35. The van der Waals surface area contributed by atoms with Gasteiger partial charge >= 0.3 is 0 Å². The molecule has 1 aromatic carbocycles. The molecule has 3 aromatic rings. The Morgan fingerprint density at radius 3 is 2.62 bits per heavy atom. The van der Waals surface area contributed by atoms with Gasteiger partial charge in [0.25, 0.3) is 11.8 Å². The third-order valence-electron chi connectivity index (χ3n) is 4.33. The van der Waals surface area contributed by atoms with Gasteiger partial charge in [0.05, 0.1) is 34.1 Å². The van der Waals surface area contributed by atoms with Crippen molar-refractivity contribution in [2.24, 2.45) is 0 Å². The molecule has 0 spiro atoms. The zero-order valence-corrected chi connectivity index (χ0v) is 17.3. The third kappa shape index (κ3) is 4.10. The molecule has 1 aliphatic rings. The average Bonchev–Trinajstić information content (AvgIpc) is 3.30. The van der Waals surface area contributed by atoms with Crippen LogP contribution in [0.5, 0.6) is 0 Å². The highest BCUT2D eigenvalue weighted by Gasteiger charge is 2.40. The van der Waals surface area contributed by atoms with Crippen LogP contribution in [0.4, 0.5) is 0 Å². The minimum Gasteiger partial charge on any atom is -0.468 e. The van der Waals surface area contributed by atoms with E-state index in [-0.39, 0.29) is 18.0 Å². The Balaban J connectivity index is 1.71. The van der Waals surface area contributed by atoms with Gasteiger partial charge in [-0.1, -0.05) is 35.3 Å². The molecule has 0 N–H and O–H groups in total. The number of thioether (sulfide) groups is 1. The number of carbonyl (C=O) groups excluding carboxylic acids is 2. The molecule has 0 bridgehead atoms. The largest absolute Gasteiger partial charge is 0.468 e. The molecule has 0 unspecified atom stereocenters. The molecular weight excluding hydrogens is 431 g/mol. The highest BCUT2D eigenvalue weighted by Crippen LogP contribution is 2.40. The summed E-state index contributed by atoms with van der Waals surface area (Å²) in [7, 11) is 0. The number of carbonyl (C=O) groups is 2. The summed E-state index contributed by atoms with van der Waals surface area (Å²) in [5, 5.41) is 0.765. The van der Waals surface area contributed by atoms with E-state index in [1.807, 2.05) is 12.1 Å². The second-order valence-electron chi connectivity index (χ2n) is 6.25. The summed E-state index contributed by atoms with van der Waals surface area (Å²) >= 11 is 13.6. The molecule has 29 heavy (non-hydrogen) atoms. The molecule has 8 heteroatoms. The molecule has 0 atom stereocenters. The number of nitrogens with zero attached hydrogens (tertiary/aromatic N) is 2. The fourth-order valence-corrected chi connectivity index (χ4v) is 4.50. The fourth-order valence-electron chi connectivity index (χ4n) is 2.97. The number of hydrogen-bond donors (Lipinski definition) is 0. The van der Waals surface area contributed by atoms with E-state index < -0.39 is 5.91 Å². The van der Waals surface area contributed by atoms with E-state index in [4.69, 9.17) is 27.6 Å². The molecule has 0 radical (unpaired) electrons. The van der Waals surface area contributed by atoms with Crippen LogP contribution in [0.1, 0.15) is 16.9 Å². The monoisotopic (exact) mass is 444 g/mol. The van der Waals surface area contributed by atoms with Crippen molar-refractivity contribution in [3.8, 4) is 0 Å². The van der Waals surface area contributed by atoms with Crippen LogP contribution in [0.15, 0.2) is 70.4 Å². The van der Waals surface area contributed by atoms with Gasteiger partial charge in [-0.2, -0.15) is 0 Å². The number of benzene rings is 1. The van der Waals surface area contributed by atoms with Crippen LogP contribution in [0.25, 0.3) is 5.57 Å².